The molecule has 2 atom stereocenters. The first-order valence-corrected chi connectivity index (χ1v) is 8.87. The number of hydrogen-bond donors (Lipinski definition) is 1. The van der Waals surface area contributed by atoms with Crippen molar-refractivity contribution in [1.82, 2.24) is 5.09 Å². The molecule has 0 amide bonds. The van der Waals surface area contributed by atoms with Crippen molar-refractivity contribution in [3.63, 3.8) is 0 Å². The first kappa shape index (κ1) is 17.0. The largest absolute Gasteiger partial charge is 0.465 e. The summed E-state index contributed by atoms with van der Waals surface area (Å²) in [6.07, 6.45) is 0. The Kier molecular flexibility index (Phi) is 6.53. The third-order valence-electron chi connectivity index (χ3n) is 2.47. The smallest absolute Gasteiger partial charge is 0.409 e. The van der Waals surface area contributed by atoms with Gasteiger partial charge < -0.3 is 9.26 Å². The second-order valence-corrected chi connectivity index (χ2v) is 7.22. The monoisotopic (exact) mass is 319 g/mol. The van der Waals surface area contributed by atoms with Gasteiger partial charge in [0.25, 0.3) is 0 Å². The highest BCUT2D eigenvalue weighted by Gasteiger charge is 2.32. The van der Waals surface area contributed by atoms with Crippen LogP contribution in [0.2, 0.25) is 0 Å². The molecule has 1 aromatic carbocycles. The Labute approximate surface area is 123 Å². The van der Waals surface area contributed by atoms with Gasteiger partial charge in [-0.3, -0.25) is 4.79 Å². The Hall–Kier alpha value is -1.03. The highest BCUT2D eigenvalue weighted by atomic mass is 35.7. The van der Waals surface area contributed by atoms with Gasteiger partial charge in [0, 0.05) is 11.2 Å². The lowest BCUT2D eigenvalue weighted by Gasteiger charge is -2.23. The molecule has 1 aromatic rings. The number of hydrogen-bond acceptors (Lipinski definition) is 4. The molecule has 0 spiro atoms. The zero-order valence-corrected chi connectivity index (χ0v) is 13.4. The molecule has 0 saturated heterocycles. The molecule has 0 aliphatic rings. The van der Waals surface area contributed by atoms with Gasteiger partial charge in [0.1, 0.15) is 11.8 Å². The summed E-state index contributed by atoms with van der Waals surface area (Å²) in [4.78, 5) is 11.8. The molecule has 0 radical (unpaired) electrons. The molecule has 0 fully saturated rings. The predicted octanol–water partition coefficient (Wildman–Crippen LogP) is 3.59. The lowest BCUT2D eigenvalue weighted by Crippen LogP contribution is -2.40. The summed E-state index contributed by atoms with van der Waals surface area (Å²) >= 11 is 5.87. The van der Waals surface area contributed by atoms with Crippen LogP contribution >= 0.6 is 18.1 Å². The molecule has 0 unspecified atom stereocenters. The molecule has 5 nitrogen and oxygen atoms in total. The number of carbonyl (C=O) groups is 1. The lowest BCUT2D eigenvalue weighted by molar-refractivity contribution is -0.146. The van der Waals surface area contributed by atoms with Crippen LogP contribution in [0.3, 0.4) is 0 Å². The first-order valence-electron chi connectivity index (χ1n) is 6.34. The summed E-state index contributed by atoms with van der Waals surface area (Å²) < 4.78 is 22.4. The molecule has 0 saturated carbocycles. The van der Waals surface area contributed by atoms with E-state index in [1.165, 1.54) is 0 Å². The van der Waals surface area contributed by atoms with Crippen molar-refractivity contribution in [3.8, 4) is 5.75 Å². The number of carbonyl (C=O) groups excluding carboxylic acids is 1. The van der Waals surface area contributed by atoms with E-state index in [9.17, 15) is 9.36 Å². The van der Waals surface area contributed by atoms with Gasteiger partial charge in [-0.25, -0.2) is 9.65 Å². The van der Waals surface area contributed by atoms with Crippen molar-refractivity contribution >= 4 is 24.1 Å². The van der Waals surface area contributed by atoms with E-state index in [0.29, 0.717) is 5.75 Å². The number of esters is 1. The van der Waals surface area contributed by atoms with Crippen LogP contribution in [-0.4, -0.2) is 18.6 Å². The van der Waals surface area contributed by atoms with Crippen molar-refractivity contribution in [2.45, 2.75) is 26.8 Å². The van der Waals surface area contributed by atoms with Crippen LogP contribution in [0.25, 0.3) is 0 Å². The van der Waals surface area contributed by atoms with Crippen molar-refractivity contribution in [1.29, 1.82) is 0 Å². The van der Waals surface area contributed by atoms with Crippen molar-refractivity contribution < 1.29 is 18.6 Å². The number of ether oxygens (including phenoxy) is 1. The SMILES string of the molecule is CCOC(=O)[C@@H](N[P@@](=O)(Cl)Oc1ccccc1)C(C)C. The van der Waals surface area contributed by atoms with E-state index in [1.54, 1.807) is 51.1 Å². The third-order valence-corrected chi connectivity index (χ3v) is 4.00. The zero-order chi connectivity index (χ0) is 15.2. The molecule has 0 bridgehead atoms. The average molecular weight is 320 g/mol. The lowest BCUT2D eigenvalue weighted by atomic mass is 10.1. The highest BCUT2D eigenvalue weighted by molar-refractivity contribution is 7.84. The van der Waals surface area contributed by atoms with Crippen LogP contribution in [0.5, 0.6) is 5.75 Å². The fourth-order valence-electron chi connectivity index (χ4n) is 1.52. The quantitative estimate of drug-likeness (QED) is 0.614. The Balaban J connectivity index is 2.76. The van der Waals surface area contributed by atoms with Crippen LogP contribution in [-0.2, 0) is 14.1 Å². The summed E-state index contributed by atoms with van der Waals surface area (Å²) in [7, 11) is 0. The number of para-hydroxylation sites is 1. The van der Waals surface area contributed by atoms with Crippen molar-refractivity contribution in [3.05, 3.63) is 30.3 Å². The zero-order valence-electron chi connectivity index (χ0n) is 11.7. The summed E-state index contributed by atoms with van der Waals surface area (Å²) in [5.41, 5.74) is 0. The number of nitrogens with one attached hydrogen (secondary N) is 1. The Morgan fingerprint density at radius 2 is 1.95 bits per heavy atom. The molecule has 7 heteroatoms. The minimum absolute atomic E-state index is 0.138. The second kappa shape index (κ2) is 7.67. The van der Waals surface area contributed by atoms with Gasteiger partial charge in [0.2, 0.25) is 0 Å². The molecule has 1 rings (SSSR count). The maximum Gasteiger partial charge on any atom is 0.409 e. The Morgan fingerprint density at radius 3 is 2.45 bits per heavy atom. The minimum atomic E-state index is -3.68. The summed E-state index contributed by atoms with van der Waals surface area (Å²) in [5.74, 6) is -0.273. The van der Waals surface area contributed by atoms with Gasteiger partial charge >= 0.3 is 12.8 Å². The molecule has 0 heterocycles. The maximum atomic E-state index is 12.2. The number of benzene rings is 1. The molecule has 0 aliphatic carbocycles. The van der Waals surface area contributed by atoms with E-state index in [1.807, 2.05) is 0 Å². The van der Waals surface area contributed by atoms with Gasteiger partial charge in [-0.1, -0.05) is 32.0 Å². The number of rotatable bonds is 7. The molecular formula is C13H19ClNO4P. The van der Waals surface area contributed by atoms with E-state index in [-0.39, 0.29) is 12.5 Å². The van der Waals surface area contributed by atoms with Crippen LogP contribution in [0.1, 0.15) is 20.8 Å². The minimum Gasteiger partial charge on any atom is -0.465 e. The van der Waals surface area contributed by atoms with Crippen molar-refractivity contribution in [2.24, 2.45) is 5.92 Å². The molecule has 0 aromatic heterocycles. The van der Waals surface area contributed by atoms with Gasteiger partial charge in [-0.2, -0.15) is 0 Å². The van der Waals surface area contributed by atoms with E-state index in [2.05, 4.69) is 5.09 Å². The van der Waals surface area contributed by atoms with Gasteiger partial charge in [-0.15, -0.1) is 0 Å². The van der Waals surface area contributed by atoms with Crippen molar-refractivity contribution in [2.75, 3.05) is 6.61 Å². The molecule has 112 valence electrons. The fraction of sp³-hybridized carbons (Fsp3) is 0.462. The van der Waals surface area contributed by atoms with Gasteiger partial charge in [-0.05, 0) is 25.0 Å². The van der Waals surface area contributed by atoms with E-state index in [0.717, 1.165) is 0 Å². The van der Waals surface area contributed by atoms with Gasteiger partial charge in [0.15, 0.2) is 0 Å². The topological polar surface area (TPSA) is 64.6 Å². The maximum absolute atomic E-state index is 12.2. The standard InChI is InChI=1S/C13H19ClNO4P/c1-4-18-13(16)12(10(2)3)15-20(14,17)19-11-8-6-5-7-9-11/h5-10,12H,4H2,1-3H3,(H,15,17)/t12-,20+/m0/s1. The fourth-order valence-corrected chi connectivity index (χ4v) is 3.25. The summed E-state index contributed by atoms with van der Waals surface area (Å²) in [5, 5.41) is 2.55. The molecule has 20 heavy (non-hydrogen) atoms. The van der Waals surface area contributed by atoms with Crippen LogP contribution < -0.4 is 9.61 Å². The van der Waals surface area contributed by atoms with E-state index in [4.69, 9.17) is 20.5 Å². The van der Waals surface area contributed by atoms with Gasteiger partial charge in [0.05, 0.1) is 6.61 Å². The Bertz CT molecular complexity index is 481. The third kappa shape index (κ3) is 5.53. The Morgan fingerprint density at radius 1 is 1.35 bits per heavy atom. The first-order chi connectivity index (χ1) is 9.35. The molecular weight excluding hydrogens is 301 g/mol. The van der Waals surface area contributed by atoms with E-state index < -0.39 is 18.9 Å². The van der Waals surface area contributed by atoms with Crippen LogP contribution in [0, 0.1) is 5.92 Å². The predicted molar refractivity (Wildman–Crippen MR) is 78.9 cm³/mol. The average Bonchev–Trinajstić information content (AvgIpc) is 2.36. The van der Waals surface area contributed by atoms with Crippen LogP contribution in [0.4, 0.5) is 0 Å². The highest BCUT2D eigenvalue weighted by Crippen LogP contribution is 2.49. The second-order valence-electron chi connectivity index (χ2n) is 4.49. The van der Waals surface area contributed by atoms with Crippen LogP contribution in [0.15, 0.2) is 30.3 Å². The summed E-state index contributed by atoms with van der Waals surface area (Å²) in [6, 6.07) is 7.74. The summed E-state index contributed by atoms with van der Waals surface area (Å²) in [6.45, 7) is 1.87. The number of halogens is 1. The molecule has 1 N–H and O–H groups in total. The normalized spacial score (nSPS) is 15.4. The molecule has 0 aliphatic heterocycles. The van der Waals surface area contributed by atoms with E-state index >= 15 is 0 Å².